The van der Waals surface area contributed by atoms with Crippen LogP contribution in [0.2, 0.25) is 0 Å². The lowest BCUT2D eigenvalue weighted by Gasteiger charge is -2.36. The molecule has 1 fully saturated rings. The van der Waals surface area contributed by atoms with Crippen LogP contribution in [0.3, 0.4) is 0 Å². The average Bonchev–Trinajstić information content (AvgIpc) is 2.52. The van der Waals surface area contributed by atoms with Gasteiger partial charge in [0.05, 0.1) is 0 Å². The summed E-state index contributed by atoms with van der Waals surface area (Å²) < 4.78 is 0. The molecule has 1 heterocycles. The quantitative estimate of drug-likeness (QED) is 0.843. The number of aryl methyl sites for hydroxylation is 1. The number of carbonyl (C=O) groups is 1. The van der Waals surface area contributed by atoms with Crippen LogP contribution < -0.4 is 10.2 Å². The van der Waals surface area contributed by atoms with E-state index in [0.717, 1.165) is 45.7 Å². The zero-order chi connectivity index (χ0) is 15.9. The molecule has 1 aromatic rings. The van der Waals surface area contributed by atoms with Gasteiger partial charge in [0, 0.05) is 38.4 Å². The van der Waals surface area contributed by atoms with Crippen molar-refractivity contribution in [3.05, 3.63) is 29.8 Å². The largest absolute Gasteiger partial charge is 0.368 e. The maximum atomic E-state index is 12.1. The number of nitrogens with zero attached hydrogens (tertiary/aromatic N) is 3. The van der Waals surface area contributed by atoms with Gasteiger partial charge in [-0.1, -0.05) is 17.7 Å². The van der Waals surface area contributed by atoms with Crippen LogP contribution in [-0.4, -0.2) is 69.2 Å². The van der Waals surface area contributed by atoms with E-state index in [1.165, 1.54) is 11.3 Å². The Morgan fingerprint density at radius 3 is 2.36 bits per heavy atom. The van der Waals surface area contributed by atoms with Crippen LogP contribution >= 0.6 is 0 Å². The number of amides is 2. The number of piperazine rings is 1. The molecule has 0 spiro atoms. The highest BCUT2D eigenvalue weighted by atomic mass is 16.2. The number of urea groups is 1. The first-order valence-corrected chi connectivity index (χ1v) is 8.05. The van der Waals surface area contributed by atoms with Gasteiger partial charge in [0.15, 0.2) is 0 Å². The van der Waals surface area contributed by atoms with Gasteiger partial charge in [0.25, 0.3) is 0 Å². The van der Waals surface area contributed by atoms with Crippen molar-refractivity contribution in [2.45, 2.75) is 13.3 Å². The lowest BCUT2D eigenvalue weighted by atomic mass is 10.2. The molecule has 2 rings (SSSR count). The topological polar surface area (TPSA) is 38.8 Å². The molecule has 122 valence electrons. The van der Waals surface area contributed by atoms with Gasteiger partial charge in [0.1, 0.15) is 0 Å². The predicted molar refractivity (Wildman–Crippen MR) is 91.5 cm³/mol. The zero-order valence-corrected chi connectivity index (χ0v) is 14.0. The fourth-order valence-electron chi connectivity index (χ4n) is 2.63. The van der Waals surface area contributed by atoms with E-state index in [4.69, 9.17) is 0 Å². The van der Waals surface area contributed by atoms with Gasteiger partial charge in [0.2, 0.25) is 0 Å². The van der Waals surface area contributed by atoms with Crippen molar-refractivity contribution in [2.24, 2.45) is 0 Å². The third kappa shape index (κ3) is 4.91. The first kappa shape index (κ1) is 16.6. The molecule has 0 aliphatic carbocycles. The summed E-state index contributed by atoms with van der Waals surface area (Å²) in [5, 5.41) is 3.01. The van der Waals surface area contributed by atoms with Gasteiger partial charge < -0.3 is 20.0 Å². The van der Waals surface area contributed by atoms with Crippen LogP contribution in [-0.2, 0) is 0 Å². The van der Waals surface area contributed by atoms with Crippen molar-refractivity contribution in [3.8, 4) is 0 Å². The van der Waals surface area contributed by atoms with Gasteiger partial charge in [-0.25, -0.2) is 4.79 Å². The minimum atomic E-state index is 0.0716. The molecule has 0 bridgehead atoms. The minimum absolute atomic E-state index is 0.0716. The SMILES string of the molecule is Cc1ccc(N2CCN(C(=O)NCCCN(C)C)CC2)cc1. The fraction of sp³-hybridized carbons (Fsp3) is 0.588. The summed E-state index contributed by atoms with van der Waals surface area (Å²) in [5.74, 6) is 0. The second-order valence-electron chi connectivity index (χ2n) is 6.20. The van der Waals surface area contributed by atoms with Crippen LogP contribution in [0.15, 0.2) is 24.3 Å². The Bertz CT molecular complexity index is 464. The molecule has 22 heavy (non-hydrogen) atoms. The lowest BCUT2D eigenvalue weighted by molar-refractivity contribution is 0.194. The van der Waals surface area contributed by atoms with Crippen molar-refractivity contribution >= 4 is 11.7 Å². The van der Waals surface area contributed by atoms with Crippen molar-refractivity contribution in [1.29, 1.82) is 0 Å². The predicted octanol–water partition coefficient (Wildman–Crippen LogP) is 1.78. The Labute approximate surface area is 133 Å². The number of hydrogen-bond donors (Lipinski definition) is 1. The molecule has 0 radical (unpaired) electrons. The van der Waals surface area contributed by atoms with Crippen LogP contribution in [0, 0.1) is 6.92 Å². The number of nitrogens with one attached hydrogen (secondary N) is 1. The molecular formula is C17H28N4O. The Kier molecular flexibility index (Phi) is 6.07. The summed E-state index contributed by atoms with van der Waals surface area (Å²) in [7, 11) is 4.10. The standard InChI is InChI=1S/C17H28N4O/c1-15-5-7-16(8-6-15)20-11-13-21(14-12-20)17(22)18-9-4-10-19(2)3/h5-8H,4,9-14H2,1-3H3,(H,18,22). The minimum Gasteiger partial charge on any atom is -0.368 e. The molecule has 1 aliphatic heterocycles. The van der Waals surface area contributed by atoms with Crippen LogP contribution in [0.5, 0.6) is 0 Å². The summed E-state index contributed by atoms with van der Waals surface area (Å²) in [6.07, 6.45) is 0.988. The van der Waals surface area contributed by atoms with E-state index >= 15 is 0 Å². The molecule has 1 N–H and O–H groups in total. The summed E-state index contributed by atoms with van der Waals surface area (Å²) in [5.41, 5.74) is 2.52. The molecule has 2 amide bonds. The highest BCUT2D eigenvalue weighted by molar-refractivity contribution is 5.74. The maximum absolute atomic E-state index is 12.1. The molecule has 5 nitrogen and oxygen atoms in total. The van der Waals surface area contributed by atoms with E-state index in [9.17, 15) is 4.79 Å². The van der Waals surface area contributed by atoms with Crippen LogP contribution in [0.4, 0.5) is 10.5 Å². The molecule has 0 aromatic heterocycles. The number of benzene rings is 1. The lowest BCUT2D eigenvalue weighted by Crippen LogP contribution is -2.52. The molecule has 0 atom stereocenters. The maximum Gasteiger partial charge on any atom is 0.317 e. The molecule has 0 saturated carbocycles. The molecular weight excluding hydrogens is 276 g/mol. The highest BCUT2D eigenvalue weighted by Crippen LogP contribution is 2.17. The summed E-state index contributed by atoms with van der Waals surface area (Å²) in [6.45, 7) is 7.21. The van der Waals surface area contributed by atoms with Crippen molar-refractivity contribution in [2.75, 3.05) is 58.3 Å². The third-order valence-electron chi connectivity index (χ3n) is 4.02. The number of rotatable bonds is 5. The van der Waals surface area contributed by atoms with Crippen LogP contribution in [0.25, 0.3) is 0 Å². The van der Waals surface area contributed by atoms with E-state index in [1.807, 2.05) is 19.0 Å². The molecule has 1 aliphatic rings. The van der Waals surface area contributed by atoms with Gasteiger partial charge >= 0.3 is 6.03 Å². The van der Waals surface area contributed by atoms with E-state index in [2.05, 4.69) is 46.3 Å². The average molecular weight is 304 g/mol. The first-order chi connectivity index (χ1) is 10.6. The summed E-state index contributed by atoms with van der Waals surface area (Å²) in [4.78, 5) is 18.5. The second-order valence-corrected chi connectivity index (χ2v) is 6.20. The van der Waals surface area contributed by atoms with Gasteiger partial charge in [-0.15, -0.1) is 0 Å². The number of hydrogen-bond acceptors (Lipinski definition) is 3. The van der Waals surface area contributed by atoms with E-state index < -0.39 is 0 Å². The Morgan fingerprint density at radius 1 is 1.14 bits per heavy atom. The number of anilines is 1. The Morgan fingerprint density at radius 2 is 1.77 bits per heavy atom. The number of carbonyl (C=O) groups excluding carboxylic acids is 1. The second kappa shape index (κ2) is 8.03. The summed E-state index contributed by atoms with van der Waals surface area (Å²) in [6, 6.07) is 8.67. The third-order valence-corrected chi connectivity index (χ3v) is 4.02. The van der Waals surface area contributed by atoms with E-state index in [0.29, 0.717) is 0 Å². The van der Waals surface area contributed by atoms with Crippen molar-refractivity contribution in [1.82, 2.24) is 15.1 Å². The first-order valence-electron chi connectivity index (χ1n) is 8.05. The van der Waals surface area contributed by atoms with Crippen LogP contribution in [0.1, 0.15) is 12.0 Å². The van der Waals surface area contributed by atoms with Gasteiger partial charge in [-0.3, -0.25) is 0 Å². The Hall–Kier alpha value is -1.75. The molecule has 1 saturated heterocycles. The zero-order valence-electron chi connectivity index (χ0n) is 14.0. The molecule has 1 aromatic carbocycles. The van der Waals surface area contributed by atoms with Gasteiger partial charge in [-0.05, 0) is 46.1 Å². The van der Waals surface area contributed by atoms with Crippen molar-refractivity contribution in [3.63, 3.8) is 0 Å². The normalized spacial score (nSPS) is 15.3. The Balaban J connectivity index is 1.72. The summed E-state index contributed by atoms with van der Waals surface area (Å²) >= 11 is 0. The fourth-order valence-corrected chi connectivity index (χ4v) is 2.63. The van der Waals surface area contributed by atoms with Crippen molar-refractivity contribution < 1.29 is 4.79 Å². The monoisotopic (exact) mass is 304 g/mol. The highest BCUT2D eigenvalue weighted by Gasteiger charge is 2.20. The van der Waals surface area contributed by atoms with Gasteiger partial charge in [-0.2, -0.15) is 0 Å². The van der Waals surface area contributed by atoms with E-state index in [1.54, 1.807) is 0 Å². The molecule has 5 heteroatoms. The smallest absolute Gasteiger partial charge is 0.317 e. The molecule has 0 unspecified atom stereocenters. The van der Waals surface area contributed by atoms with E-state index in [-0.39, 0.29) is 6.03 Å².